The first-order chi connectivity index (χ1) is 11.1. The molecule has 2 aliphatic heterocycles. The van der Waals surface area contributed by atoms with E-state index in [1.807, 2.05) is 6.07 Å². The highest BCUT2D eigenvalue weighted by molar-refractivity contribution is 6.02. The number of hydrogen-bond acceptors (Lipinski definition) is 4. The summed E-state index contributed by atoms with van der Waals surface area (Å²) in [6.07, 6.45) is 2.31. The maximum absolute atomic E-state index is 12.3. The van der Waals surface area contributed by atoms with E-state index in [0.717, 1.165) is 24.1 Å². The molecule has 0 spiro atoms. The Morgan fingerprint density at radius 3 is 2.91 bits per heavy atom. The summed E-state index contributed by atoms with van der Waals surface area (Å²) in [5.74, 6) is -0.371. The number of fused-ring (bicyclic) bond motifs is 1. The smallest absolute Gasteiger partial charge is 0.251 e. The van der Waals surface area contributed by atoms with Crippen LogP contribution in [0.15, 0.2) is 30.9 Å². The Morgan fingerprint density at radius 1 is 1.39 bits per heavy atom. The minimum absolute atomic E-state index is 0.130. The quantitative estimate of drug-likeness (QED) is 0.802. The van der Waals surface area contributed by atoms with Crippen LogP contribution in [0.4, 0.5) is 5.69 Å². The number of aliphatic hydroxyl groups is 1. The van der Waals surface area contributed by atoms with Crippen molar-refractivity contribution in [2.45, 2.75) is 25.0 Å². The van der Waals surface area contributed by atoms with Crippen LogP contribution in [0.5, 0.6) is 0 Å². The van der Waals surface area contributed by atoms with Crippen molar-refractivity contribution in [3.8, 4) is 0 Å². The molecule has 0 radical (unpaired) electrons. The van der Waals surface area contributed by atoms with E-state index in [0.29, 0.717) is 18.7 Å². The second-order valence-corrected chi connectivity index (χ2v) is 5.83. The predicted octanol–water partition coefficient (Wildman–Crippen LogP) is 0.641. The highest BCUT2D eigenvalue weighted by atomic mass is 16.5. The van der Waals surface area contributed by atoms with Gasteiger partial charge < -0.3 is 20.1 Å². The lowest BCUT2D eigenvalue weighted by Gasteiger charge is -2.29. The monoisotopic (exact) mass is 316 g/mol. The number of nitrogens with one attached hydrogen (secondary N) is 1. The first-order valence-corrected chi connectivity index (χ1v) is 7.73. The molecule has 0 unspecified atom stereocenters. The van der Waals surface area contributed by atoms with Gasteiger partial charge in [-0.05, 0) is 42.7 Å². The van der Waals surface area contributed by atoms with E-state index < -0.39 is 6.10 Å². The van der Waals surface area contributed by atoms with Crippen molar-refractivity contribution in [3.63, 3.8) is 0 Å². The molecule has 2 atom stereocenters. The molecular formula is C17H20N2O4. The van der Waals surface area contributed by atoms with E-state index in [-0.39, 0.29) is 24.5 Å². The zero-order valence-corrected chi connectivity index (χ0v) is 12.8. The summed E-state index contributed by atoms with van der Waals surface area (Å²) in [5.41, 5.74) is 2.33. The zero-order chi connectivity index (χ0) is 16.4. The number of carbonyl (C=O) groups excluding carboxylic acids is 2. The number of benzene rings is 1. The van der Waals surface area contributed by atoms with Gasteiger partial charge in [-0.3, -0.25) is 9.59 Å². The lowest BCUT2D eigenvalue weighted by atomic mass is 9.98. The van der Waals surface area contributed by atoms with Gasteiger partial charge in [-0.15, -0.1) is 0 Å². The van der Waals surface area contributed by atoms with Crippen molar-refractivity contribution < 1.29 is 19.4 Å². The number of ether oxygens (including phenoxy) is 1. The van der Waals surface area contributed by atoms with Crippen molar-refractivity contribution in [2.24, 2.45) is 0 Å². The van der Waals surface area contributed by atoms with Crippen LogP contribution >= 0.6 is 0 Å². The molecular weight excluding hydrogens is 296 g/mol. The van der Waals surface area contributed by atoms with Crippen LogP contribution in [-0.4, -0.2) is 48.8 Å². The molecule has 0 saturated carbocycles. The molecule has 2 heterocycles. The summed E-state index contributed by atoms with van der Waals surface area (Å²) in [4.78, 5) is 25.9. The van der Waals surface area contributed by atoms with Crippen LogP contribution in [0.3, 0.4) is 0 Å². The average molecular weight is 316 g/mol. The van der Waals surface area contributed by atoms with Crippen LogP contribution in [0.25, 0.3) is 0 Å². The van der Waals surface area contributed by atoms with Crippen LogP contribution in [0.2, 0.25) is 0 Å². The van der Waals surface area contributed by atoms with E-state index in [1.165, 1.54) is 6.08 Å². The van der Waals surface area contributed by atoms with E-state index >= 15 is 0 Å². The lowest BCUT2D eigenvalue weighted by molar-refractivity contribution is -0.114. The molecule has 23 heavy (non-hydrogen) atoms. The number of aryl methyl sites for hydroxylation is 1. The molecule has 0 aliphatic carbocycles. The topological polar surface area (TPSA) is 78.9 Å². The number of carbonyl (C=O) groups is 2. The molecule has 2 aliphatic rings. The van der Waals surface area contributed by atoms with Gasteiger partial charge in [0.15, 0.2) is 0 Å². The summed E-state index contributed by atoms with van der Waals surface area (Å²) in [7, 11) is 0. The zero-order valence-electron chi connectivity index (χ0n) is 12.8. The van der Waals surface area contributed by atoms with Gasteiger partial charge in [0, 0.05) is 17.8 Å². The molecule has 2 amide bonds. The van der Waals surface area contributed by atoms with Gasteiger partial charge in [0.25, 0.3) is 5.91 Å². The third-order valence-corrected chi connectivity index (χ3v) is 4.27. The Morgan fingerprint density at radius 2 is 2.22 bits per heavy atom. The summed E-state index contributed by atoms with van der Waals surface area (Å²) in [5, 5.41) is 12.5. The van der Waals surface area contributed by atoms with Gasteiger partial charge in [-0.2, -0.15) is 0 Å². The normalized spacial score (nSPS) is 23.3. The van der Waals surface area contributed by atoms with Crippen molar-refractivity contribution >= 4 is 17.5 Å². The molecule has 3 rings (SSSR count). The highest BCUT2D eigenvalue weighted by Crippen LogP contribution is 2.28. The van der Waals surface area contributed by atoms with Gasteiger partial charge in [-0.1, -0.05) is 6.58 Å². The van der Waals surface area contributed by atoms with Crippen LogP contribution in [0, 0.1) is 0 Å². The SMILES string of the molecule is C=CC(=O)N1CCCc2cc(C(=O)N[C@H]3COC[C@H]3O)ccc21. The van der Waals surface area contributed by atoms with Gasteiger partial charge in [-0.25, -0.2) is 0 Å². The first-order valence-electron chi connectivity index (χ1n) is 7.73. The Hall–Kier alpha value is -2.18. The maximum Gasteiger partial charge on any atom is 0.251 e. The average Bonchev–Trinajstić information content (AvgIpc) is 2.97. The van der Waals surface area contributed by atoms with Crippen molar-refractivity contribution in [2.75, 3.05) is 24.7 Å². The van der Waals surface area contributed by atoms with E-state index in [9.17, 15) is 14.7 Å². The summed E-state index contributed by atoms with van der Waals surface area (Å²) < 4.78 is 5.13. The van der Waals surface area contributed by atoms with Gasteiger partial charge in [0.1, 0.15) is 0 Å². The molecule has 1 fully saturated rings. The van der Waals surface area contributed by atoms with Gasteiger partial charge >= 0.3 is 0 Å². The fraction of sp³-hybridized carbons (Fsp3) is 0.412. The third-order valence-electron chi connectivity index (χ3n) is 4.27. The second-order valence-electron chi connectivity index (χ2n) is 5.83. The third kappa shape index (κ3) is 3.13. The Balaban J connectivity index is 1.79. The van der Waals surface area contributed by atoms with Crippen LogP contribution in [0.1, 0.15) is 22.3 Å². The fourth-order valence-corrected chi connectivity index (χ4v) is 3.01. The fourth-order valence-electron chi connectivity index (χ4n) is 3.01. The highest BCUT2D eigenvalue weighted by Gasteiger charge is 2.28. The largest absolute Gasteiger partial charge is 0.388 e. The Labute approximate surface area is 134 Å². The molecule has 0 aromatic heterocycles. The lowest BCUT2D eigenvalue weighted by Crippen LogP contribution is -2.42. The van der Waals surface area contributed by atoms with Crippen LogP contribution < -0.4 is 10.2 Å². The van der Waals surface area contributed by atoms with Crippen molar-refractivity contribution in [1.82, 2.24) is 5.32 Å². The number of nitrogens with zero attached hydrogens (tertiary/aromatic N) is 1. The second kappa shape index (κ2) is 6.52. The van der Waals surface area contributed by atoms with E-state index in [2.05, 4.69) is 11.9 Å². The number of hydrogen-bond donors (Lipinski definition) is 2. The standard InChI is InChI=1S/C17H20N2O4/c1-2-16(21)19-7-3-4-11-8-12(5-6-14(11)19)17(22)18-13-9-23-10-15(13)20/h2,5-6,8,13,15,20H,1,3-4,7,9-10H2,(H,18,22)/t13-,15+/m0/s1. The Bertz CT molecular complexity index is 643. The number of amides is 2. The maximum atomic E-state index is 12.3. The van der Waals surface area contributed by atoms with Crippen molar-refractivity contribution in [1.29, 1.82) is 0 Å². The predicted molar refractivity (Wildman–Crippen MR) is 85.4 cm³/mol. The minimum atomic E-state index is -0.669. The summed E-state index contributed by atoms with van der Waals surface area (Å²) >= 11 is 0. The van der Waals surface area contributed by atoms with Crippen LogP contribution in [-0.2, 0) is 16.0 Å². The molecule has 2 N–H and O–H groups in total. The first kappa shape index (κ1) is 15.7. The number of rotatable bonds is 3. The van der Waals surface area contributed by atoms with E-state index in [1.54, 1.807) is 17.0 Å². The van der Waals surface area contributed by atoms with Crippen molar-refractivity contribution in [3.05, 3.63) is 42.0 Å². The molecule has 0 bridgehead atoms. The summed E-state index contributed by atoms with van der Waals surface area (Å²) in [6, 6.07) is 4.93. The molecule has 6 heteroatoms. The molecule has 1 saturated heterocycles. The number of aliphatic hydroxyl groups excluding tert-OH is 1. The number of anilines is 1. The molecule has 1 aromatic carbocycles. The molecule has 6 nitrogen and oxygen atoms in total. The van der Waals surface area contributed by atoms with E-state index in [4.69, 9.17) is 4.74 Å². The molecule has 1 aromatic rings. The molecule has 122 valence electrons. The Kier molecular flexibility index (Phi) is 4.45. The summed E-state index contributed by atoms with van der Waals surface area (Å²) in [6.45, 7) is 4.75. The minimum Gasteiger partial charge on any atom is -0.388 e. The van der Waals surface area contributed by atoms with Gasteiger partial charge in [0.05, 0.1) is 25.4 Å². The van der Waals surface area contributed by atoms with Gasteiger partial charge in [0.2, 0.25) is 5.91 Å².